The maximum atomic E-state index is 10.3. The predicted molar refractivity (Wildman–Crippen MR) is 73.4 cm³/mol. The van der Waals surface area contributed by atoms with Crippen molar-refractivity contribution in [3.8, 4) is 0 Å². The number of ether oxygens (including phenoxy) is 1. The average Bonchev–Trinajstić information content (AvgIpc) is 2.74. The molecule has 2 rings (SSSR count). The number of hydrogen-bond acceptors (Lipinski definition) is 4. The van der Waals surface area contributed by atoms with Crippen molar-refractivity contribution in [3.05, 3.63) is 20.3 Å². The smallest absolute Gasteiger partial charge is 0.105 e. The van der Waals surface area contributed by atoms with Gasteiger partial charge in [0.1, 0.15) is 5.60 Å². The Balaban J connectivity index is 1.83. The second-order valence-electron chi connectivity index (χ2n) is 4.59. The minimum absolute atomic E-state index is 0.0770. The Labute approximate surface area is 114 Å². The number of thiophene rings is 1. The molecule has 2 N–H and O–H groups in total. The monoisotopic (exact) mass is 319 g/mol. The van der Waals surface area contributed by atoms with Crippen LogP contribution < -0.4 is 5.32 Å². The van der Waals surface area contributed by atoms with Crippen molar-refractivity contribution in [2.24, 2.45) is 0 Å². The van der Waals surface area contributed by atoms with E-state index in [4.69, 9.17) is 4.74 Å². The first-order chi connectivity index (χ1) is 8.01. The van der Waals surface area contributed by atoms with Crippen LogP contribution in [0, 0.1) is 6.92 Å². The summed E-state index contributed by atoms with van der Waals surface area (Å²) < 4.78 is 6.56. The second-order valence-corrected chi connectivity index (χ2v) is 6.78. The summed E-state index contributed by atoms with van der Waals surface area (Å²) in [5.41, 5.74) is -0.705. The first-order valence-corrected chi connectivity index (χ1v) is 7.42. The molecule has 2 heterocycles. The van der Waals surface area contributed by atoms with Gasteiger partial charge in [0, 0.05) is 40.3 Å². The van der Waals surface area contributed by atoms with E-state index >= 15 is 0 Å². The SMILES string of the molecule is Cc1sc(CNCC2(O)CCOC2C)cc1Br. The Morgan fingerprint density at radius 1 is 1.71 bits per heavy atom. The summed E-state index contributed by atoms with van der Waals surface area (Å²) in [6.07, 6.45) is 0.640. The summed E-state index contributed by atoms with van der Waals surface area (Å²) in [4.78, 5) is 2.57. The number of rotatable bonds is 4. The molecule has 1 aromatic heterocycles. The summed E-state index contributed by atoms with van der Waals surface area (Å²) >= 11 is 5.28. The van der Waals surface area contributed by atoms with Gasteiger partial charge in [-0.25, -0.2) is 0 Å². The van der Waals surface area contributed by atoms with Gasteiger partial charge in [-0.05, 0) is 35.8 Å². The van der Waals surface area contributed by atoms with E-state index in [0.717, 1.165) is 11.0 Å². The molecule has 0 aliphatic carbocycles. The van der Waals surface area contributed by atoms with Gasteiger partial charge >= 0.3 is 0 Å². The maximum absolute atomic E-state index is 10.3. The van der Waals surface area contributed by atoms with E-state index in [-0.39, 0.29) is 6.10 Å². The number of aliphatic hydroxyl groups is 1. The summed E-state index contributed by atoms with van der Waals surface area (Å²) in [7, 11) is 0. The predicted octanol–water partition coefficient (Wildman–Crippen LogP) is 2.45. The fraction of sp³-hybridized carbons (Fsp3) is 0.667. The lowest BCUT2D eigenvalue weighted by Crippen LogP contribution is -2.45. The molecule has 0 amide bonds. The summed E-state index contributed by atoms with van der Waals surface area (Å²) in [6, 6.07) is 2.13. The average molecular weight is 320 g/mol. The van der Waals surface area contributed by atoms with Gasteiger partial charge in [-0.15, -0.1) is 11.3 Å². The maximum Gasteiger partial charge on any atom is 0.105 e. The van der Waals surface area contributed by atoms with E-state index in [0.29, 0.717) is 19.6 Å². The van der Waals surface area contributed by atoms with Gasteiger partial charge in [-0.2, -0.15) is 0 Å². The third-order valence-corrected chi connectivity index (χ3v) is 5.43. The van der Waals surface area contributed by atoms with Crippen LogP contribution in [0.1, 0.15) is 23.1 Å². The number of halogens is 1. The third-order valence-electron chi connectivity index (χ3n) is 3.30. The molecule has 0 bridgehead atoms. The minimum Gasteiger partial charge on any atom is -0.386 e. The van der Waals surface area contributed by atoms with Gasteiger partial charge in [0.05, 0.1) is 6.10 Å². The molecular weight excluding hydrogens is 302 g/mol. The second kappa shape index (κ2) is 5.36. The van der Waals surface area contributed by atoms with E-state index in [9.17, 15) is 5.11 Å². The normalized spacial score (nSPS) is 28.8. The van der Waals surface area contributed by atoms with Gasteiger partial charge < -0.3 is 15.2 Å². The highest BCUT2D eigenvalue weighted by Crippen LogP contribution is 2.27. The zero-order valence-corrected chi connectivity index (χ0v) is 12.5. The van der Waals surface area contributed by atoms with Crippen LogP contribution in [0.3, 0.4) is 0 Å². The molecule has 1 saturated heterocycles. The molecule has 1 aliphatic rings. The summed E-state index contributed by atoms with van der Waals surface area (Å²) in [5, 5.41) is 13.6. The molecule has 0 radical (unpaired) electrons. The fourth-order valence-corrected chi connectivity index (χ4v) is 3.58. The van der Waals surface area contributed by atoms with Crippen molar-refractivity contribution in [1.82, 2.24) is 5.32 Å². The van der Waals surface area contributed by atoms with Crippen LogP contribution in [-0.2, 0) is 11.3 Å². The highest BCUT2D eigenvalue weighted by Gasteiger charge is 2.38. The van der Waals surface area contributed by atoms with Crippen molar-refractivity contribution < 1.29 is 9.84 Å². The quantitative estimate of drug-likeness (QED) is 0.895. The Morgan fingerprint density at radius 3 is 3.00 bits per heavy atom. The highest BCUT2D eigenvalue weighted by atomic mass is 79.9. The molecule has 1 aromatic rings. The minimum atomic E-state index is -0.705. The molecule has 1 aliphatic heterocycles. The topological polar surface area (TPSA) is 41.5 Å². The van der Waals surface area contributed by atoms with Gasteiger partial charge in [0.25, 0.3) is 0 Å². The van der Waals surface area contributed by atoms with E-state index < -0.39 is 5.60 Å². The lowest BCUT2D eigenvalue weighted by Gasteiger charge is -2.26. The van der Waals surface area contributed by atoms with E-state index in [2.05, 4.69) is 34.2 Å². The number of hydrogen-bond donors (Lipinski definition) is 2. The summed E-state index contributed by atoms with van der Waals surface area (Å²) in [5.74, 6) is 0. The largest absolute Gasteiger partial charge is 0.386 e. The van der Waals surface area contributed by atoms with Gasteiger partial charge in [0.15, 0.2) is 0 Å². The lowest BCUT2D eigenvalue weighted by molar-refractivity contribution is -0.0262. The van der Waals surface area contributed by atoms with Crippen molar-refractivity contribution in [2.75, 3.05) is 13.2 Å². The van der Waals surface area contributed by atoms with Crippen molar-refractivity contribution in [2.45, 2.75) is 38.5 Å². The molecule has 0 spiro atoms. The van der Waals surface area contributed by atoms with E-state index in [1.54, 1.807) is 11.3 Å². The molecule has 0 aromatic carbocycles. The van der Waals surface area contributed by atoms with Crippen LogP contribution in [0.2, 0.25) is 0 Å². The van der Waals surface area contributed by atoms with Crippen LogP contribution in [0.4, 0.5) is 0 Å². The Kier molecular flexibility index (Phi) is 4.26. The molecule has 0 saturated carbocycles. The molecule has 5 heteroatoms. The molecule has 1 fully saturated rings. The Bertz CT molecular complexity index is 376. The van der Waals surface area contributed by atoms with Crippen molar-refractivity contribution in [1.29, 1.82) is 0 Å². The highest BCUT2D eigenvalue weighted by molar-refractivity contribution is 9.10. The molecule has 96 valence electrons. The standard InChI is InChI=1S/C12H18BrNO2S/c1-8-11(13)5-10(17-8)6-14-7-12(15)3-4-16-9(12)2/h5,9,14-15H,3-4,6-7H2,1-2H3. The van der Waals surface area contributed by atoms with Crippen LogP contribution in [0.25, 0.3) is 0 Å². The van der Waals surface area contributed by atoms with Crippen LogP contribution in [0.5, 0.6) is 0 Å². The van der Waals surface area contributed by atoms with Crippen LogP contribution >= 0.6 is 27.3 Å². The number of aryl methyl sites for hydroxylation is 1. The first-order valence-electron chi connectivity index (χ1n) is 5.81. The van der Waals surface area contributed by atoms with E-state index in [1.165, 1.54) is 9.75 Å². The van der Waals surface area contributed by atoms with Crippen molar-refractivity contribution in [3.63, 3.8) is 0 Å². The zero-order chi connectivity index (χ0) is 12.5. The lowest BCUT2D eigenvalue weighted by atomic mass is 9.97. The fourth-order valence-electron chi connectivity index (χ4n) is 2.01. The Morgan fingerprint density at radius 2 is 2.47 bits per heavy atom. The molecule has 2 atom stereocenters. The van der Waals surface area contributed by atoms with Crippen LogP contribution in [-0.4, -0.2) is 30.0 Å². The molecule has 2 unspecified atom stereocenters. The first kappa shape index (κ1) is 13.5. The van der Waals surface area contributed by atoms with Crippen LogP contribution in [0.15, 0.2) is 10.5 Å². The summed E-state index contributed by atoms with van der Waals surface area (Å²) in [6.45, 7) is 6.07. The van der Waals surface area contributed by atoms with E-state index in [1.807, 2.05) is 6.92 Å². The molecule has 3 nitrogen and oxygen atoms in total. The zero-order valence-electron chi connectivity index (χ0n) is 10.1. The van der Waals surface area contributed by atoms with Gasteiger partial charge in [-0.1, -0.05) is 0 Å². The Hall–Kier alpha value is 0.0600. The molecule has 17 heavy (non-hydrogen) atoms. The third kappa shape index (κ3) is 3.09. The van der Waals surface area contributed by atoms with Crippen molar-refractivity contribution >= 4 is 27.3 Å². The molecular formula is C12H18BrNO2S. The van der Waals surface area contributed by atoms with Gasteiger partial charge in [0.2, 0.25) is 0 Å². The van der Waals surface area contributed by atoms with Gasteiger partial charge in [-0.3, -0.25) is 0 Å². The number of nitrogens with one attached hydrogen (secondary N) is 1.